The fraction of sp³-hybridized carbons (Fsp3) is 0.650. The molecular weight excluding hydrogens is 380 g/mol. The van der Waals surface area contributed by atoms with Gasteiger partial charge in [0.25, 0.3) is 0 Å². The molecule has 8 heteroatoms. The van der Waals surface area contributed by atoms with E-state index in [9.17, 15) is 13.2 Å². The summed E-state index contributed by atoms with van der Waals surface area (Å²) in [4.78, 5) is 11.8. The second-order valence-corrected chi connectivity index (χ2v) is 10.6. The molecule has 28 heavy (non-hydrogen) atoms. The highest BCUT2D eigenvalue weighted by atomic mass is 32.2. The molecule has 1 aromatic carbocycles. The summed E-state index contributed by atoms with van der Waals surface area (Å²) in [6, 6.07) is 4.49. The average Bonchev–Trinajstić information content (AvgIpc) is 2.95. The summed E-state index contributed by atoms with van der Waals surface area (Å²) < 4.78 is 41.3. The first kappa shape index (κ1) is 18.4. The van der Waals surface area contributed by atoms with Crippen LogP contribution in [0.1, 0.15) is 32.1 Å². The molecule has 1 heterocycles. The molecule has 0 saturated heterocycles. The lowest BCUT2D eigenvalue weighted by Crippen LogP contribution is -2.63. The number of aromatic nitrogens is 1. The van der Waals surface area contributed by atoms with Gasteiger partial charge in [0.2, 0.25) is 10.0 Å². The number of sulfonamides is 1. The van der Waals surface area contributed by atoms with E-state index in [2.05, 4.69) is 4.72 Å². The molecule has 0 unspecified atom stereocenters. The van der Waals surface area contributed by atoms with Gasteiger partial charge in [-0.2, -0.15) is 0 Å². The minimum Gasteiger partial charge on any atom is -0.408 e. The van der Waals surface area contributed by atoms with E-state index in [0.29, 0.717) is 29.5 Å². The molecule has 2 aromatic rings. The molecule has 4 aliphatic carbocycles. The van der Waals surface area contributed by atoms with Gasteiger partial charge < -0.3 is 9.15 Å². The third kappa shape index (κ3) is 2.61. The van der Waals surface area contributed by atoms with Crippen LogP contribution in [0.3, 0.4) is 0 Å². The van der Waals surface area contributed by atoms with E-state index in [1.54, 1.807) is 14.2 Å². The van der Waals surface area contributed by atoms with Crippen LogP contribution in [-0.2, 0) is 21.8 Å². The van der Waals surface area contributed by atoms with Gasteiger partial charge in [0.05, 0.1) is 16.0 Å². The summed E-state index contributed by atoms with van der Waals surface area (Å²) in [5.74, 6) is 1.91. The highest BCUT2D eigenvalue weighted by Gasteiger charge is 2.57. The normalized spacial score (nSPS) is 34.4. The zero-order valence-corrected chi connectivity index (χ0v) is 17.0. The van der Waals surface area contributed by atoms with Crippen LogP contribution < -0.4 is 10.5 Å². The predicted octanol–water partition coefficient (Wildman–Crippen LogP) is 2.25. The maximum Gasteiger partial charge on any atom is 0.419 e. The van der Waals surface area contributed by atoms with Crippen molar-refractivity contribution in [3.8, 4) is 0 Å². The summed E-state index contributed by atoms with van der Waals surface area (Å²) in [6.45, 7) is 0.295. The molecule has 0 amide bonds. The molecule has 1 N–H and O–H groups in total. The zero-order valence-electron chi connectivity index (χ0n) is 16.2. The summed E-state index contributed by atoms with van der Waals surface area (Å²) in [6.07, 6.45) is 5.91. The van der Waals surface area contributed by atoms with E-state index >= 15 is 0 Å². The van der Waals surface area contributed by atoms with Crippen LogP contribution >= 0.6 is 0 Å². The molecule has 152 valence electrons. The molecule has 0 spiro atoms. The van der Waals surface area contributed by atoms with Gasteiger partial charge in [0, 0.05) is 20.7 Å². The fourth-order valence-electron chi connectivity index (χ4n) is 6.24. The minimum absolute atomic E-state index is 0.131. The average molecular weight is 407 g/mol. The maximum absolute atomic E-state index is 13.0. The van der Waals surface area contributed by atoms with E-state index in [1.807, 2.05) is 0 Å². The van der Waals surface area contributed by atoms with Gasteiger partial charge in [-0.1, -0.05) is 0 Å². The number of aryl methyl sites for hydroxylation is 1. The van der Waals surface area contributed by atoms with Gasteiger partial charge in [-0.05, 0) is 74.0 Å². The molecule has 4 saturated carbocycles. The Morgan fingerprint density at radius 1 is 1.18 bits per heavy atom. The lowest BCUT2D eigenvalue weighted by molar-refractivity contribution is -0.185. The Labute approximate surface area is 164 Å². The number of oxazole rings is 1. The van der Waals surface area contributed by atoms with Crippen LogP contribution in [0, 0.1) is 23.7 Å². The van der Waals surface area contributed by atoms with Crippen molar-refractivity contribution in [2.75, 3.05) is 13.7 Å². The molecule has 7 nitrogen and oxygen atoms in total. The van der Waals surface area contributed by atoms with Gasteiger partial charge in [-0.25, -0.2) is 17.9 Å². The summed E-state index contributed by atoms with van der Waals surface area (Å²) in [5, 5.41) is 0. The highest BCUT2D eigenvalue weighted by Crippen LogP contribution is 2.59. The van der Waals surface area contributed by atoms with Crippen LogP contribution in [0.15, 0.2) is 32.3 Å². The molecule has 4 bridgehead atoms. The van der Waals surface area contributed by atoms with E-state index in [4.69, 9.17) is 9.15 Å². The van der Waals surface area contributed by atoms with Crippen molar-refractivity contribution in [2.24, 2.45) is 30.7 Å². The summed E-state index contributed by atoms with van der Waals surface area (Å²) in [5.41, 5.74) is 0.428. The molecule has 4 fully saturated rings. The van der Waals surface area contributed by atoms with Crippen molar-refractivity contribution >= 4 is 21.1 Å². The second kappa shape index (κ2) is 6.18. The Morgan fingerprint density at radius 2 is 1.82 bits per heavy atom. The number of hydrogen-bond donors (Lipinski definition) is 1. The van der Waals surface area contributed by atoms with Crippen molar-refractivity contribution in [1.29, 1.82) is 0 Å². The van der Waals surface area contributed by atoms with Gasteiger partial charge >= 0.3 is 5.76 Å². The minimum atomic E-state index is -3.73. The number of nitrogens with one attached hydrogen (secondary N) is 1. The number of fused-ring (bicyclic) bond motifs is 1. The smallest absolute Gasteiger partial charge is 0.408 e. The van der Waals surface area contributed by atoms with Crippen LogP contribution in [-0.4, -0.2) is 32.2 Å². The molecule has 4 aliphatic rings. The number of methoxy groups -OCH3 is 1. The number of hydrogen-bond acceptors (Lipinski definition) is 5. The lowest BCUT2D eigenvalue weighted by Gasteiger charge is -2.60. The van der Waals surface area contributed by atoms with Crippen molar-refractivity contribution in [2.45, 2.75) is 42.6 Å². The molecule has 6 rings (SSSR count). The summed E-state index contributed by atoms with van der Waals surface area (Å²) >= 11 is 0. The first-order valence-corrected chi connectivity index (χ1v) is 11.4. The molecule has 1 aromatic heterocycles. The monoisotopic (exact) mass is 406 g/mol. The predicted molar refractivity (Wildman–Crippen MR) is 103 cm³/mol. The van der Waals surface area contributed by atoms with Crippen LogP contribution in [0.2, 0.25) is 0 Å². The molecule has 0 atom stereocenters. The molecule has 0 radical (unpaired) electrons. The zero-order chi connectivity index (χ0) is 19.7. The quantitative estimate of drug-likeness (QED) is 0.822. The van der Waals surface area contributed by atoms with E-state index in [1.165, 1.54) is 29.2 Å². The fourth-order valence-corrected chi connectivity index (χ4v) is 7.34. The highest BCUT2D eigenvalue weighted by molar-refractivity contribution is 7.89. The Balaban J connectivity index is 1.42. The number of nitrogens with zero attached hydrogens (tertiary/aromatic N) is 1. The first-order valence-electron chi connectivity index (χ1n) is 9.97. The van der Waals surface area contributed by atoms with Crippen molar-refractivity contribution in [3.05, 3.63) is 28.7 Å². The van der Waals surface area contributed by atoms with Gasteiger partial charge in [0.15, 0.2) is 5.58 Å². The van der Waals surface area contributed by atoms with E-state index in [0.717, 1.165) is 37.5 Å². The first-order chi connectivity index (χ1) is 13.3. The number of rotatable bonds is 5. The second-order valence-electron chi connectivity index (χ2n) is 8.84. The van der Waals surface area contributed by atoms with Crippen molar-refractivity contribution in [3.63, 3.8) is 0 Å². The Bertz CT molecular complexity index is 1060. The Kier molecular flexibility index (Phi) is 4.06. The maximum atomic E-state index is 13.0. The topological polar surface area (TPSA) is 90.5 Å². The van der Waals surface area contributed by atoms with E-state index < -0.39 is 21.4 Å². The largest absolute Gasteiger partial charge is 0.419 e. The lowest BCUT2D eigenvalue weighted by atomic mass is 9.50. The number of benzene rings is 1. The number of ether oxygens (including phenoxy) is 1. The van der Waals surface area contributed by atoms with Gasteiger partial charge in [0.1, 0.15) is 0 Å². The van der Waals surface area contributed by atoms with E-state index in [-0.39, 0.29) is 4.90 Å². The van der Waals surface area contributed by atoms with Crippen LogP contribution in [0.4, 0.5) is 0 Å². The third-order valence-corrected chi connectivity index (χ3v) is 8.91. The standard InChI is InChI=1S/C20H26N2O5S/c1-22-17-10-16(3-4-18(17)27-19(22)23)28(24,25)21-11-20(26-2)14-6-12-5-13(8-14)9-15(20)7-12/h3-4,10,12-15,21H,5-9,11H2,1-2H3. The van der Waals surface area contributed by atoms with Crippen LogP contribution in [0.25, 0.3) is 11.1 Å². The van der Waals surface area contributed by atoms with Gasteiger partial charge in [-0.3, -0.25) is 4.57 Å². The van der Waals surface area contributed by atoms with Crippen molar-refractivity contribution < 1.29 is 17.6 Å². The third-order valence-electron chi connectivity index (χ3n) is 7.51. The van der Waals surface area contributed by atoms with Crippen molar-refractivity contribution in [1.82, 2.24) is 9.29 Å². The SMILES string of the molecule is COC1(CNS(=O)(=O)c2ccc3oc(=O)n(C)c3c2)C2CC3CC(C2)CC1C3. The van der Waals surface area contributed by atoms with Gasteiger partial charge in [-0.15, -0.1) is 0 Å². The van der Waals surface area contributed by atoms with Crippen LogP contribution in [0.5, 0.6) is 0 Å². The Hall–Kier alpha value is -1.64. The Morgan fingerprint density at radius 3 is 2.43 bits per heavy atom. The summed E-state index contributed by atoms with van der Waals surface area (Å²) in [7, 11) is -0.439. The molecular formula is C20H26N2O5S. The molecule has 0 aliphatic heterocycles.